The van der Waals surface area contributed by atoms with Gasteiger partial charge in [0.2, 0.25) is 0 Å². The molecule has 384 valence electrons. The molecule has 4 N–H and O–H groups in total. The number of methoxy groups -OCH3 is 1. The maximum atomic E-state index is 14.7. The third-order valence-electron chi connectivity index (χ3n) is 15.5. The number of benzene rings is 3. The number of piperazine rings is 1. The fourth-order valence-corrected chi connectivity index (χ4v) is 12.4. The third-order valence-corrected chi connectivity index (χ3v) is 16.8. The van der Waals surface area contributed by atoms with Crippen LogP contribution in [-0.4, -0.2) is 107 Å². The number of nitro groups is 1. The van der Waals surface area contributed by atoms with Crippen LogP contribution >= 0.6 is 0 Å². The van der Waals surface area contributed by atoms with Crippen LogP contribution in [0.25, 0.3) is 11.0 Å². The molecule has 73 heavy (non-hydrogen) atoms. The van der Waals surface area contributed by atoms with Crippen LogP contribution in [-0.2, 0) is 16.6 Å². The average Bonchev–Trinajstić information content (AvgIpc) is 3.72. The second kappa shape index (κ2) is 20.0. The monoisotopic (exact) mass is 1020 g/mol. The molecule has 6 aromatic rings. The first-order valence-corrected chi connectivity index (χ1v) is 26.5. The van der Waals surface area contributed by atoms with Crippen molar-refractivity contribution in [1.82, 2.24) is 29.5 Å². The van der Waals surface area contributed by atoms with Crippen molar-refractivity contribution >= 4 is 44.0 Å². The largest absolute Gasteiger partial charge is 0.495 e. The second-order valence-electron chi connectivity index (χ2n) is 21.1. The minimum atomic E-state index is -4.64. The Bertz CT molecular complexity index is 3130. The number of amides is 1. The third kappa shape index (κ3) is 10.6. The lowest BCUT2D eigenvalue weighted by molar-refractivity contribution is -0.384. The number of ether oxygens (including phenoxy) is 2. The first-order chi connectivity index (χ1) is 34.9. The summed E-state index contributed by atoms with van der Waals surface area (Å²) in [7, 11) is -3.00. The van der Waals surface area contributed by atoms with Gasteiger partial charge in [-0.3, -0.25) is 29.7 Å². The summed E-state index contributed by atoms with van der Waals surface area (Å²) in [6.45, 7) is 11.7. The average molecular weight is 1020 g/mol. The molecule has 1 amide bonds. The standard InChI is InChI=1S/C54H62FN9O8S/c1-34(2)42-7-5-6-8-43(42)49-31-61(30-36-9-11-39(71-4)27-56-36)19-20-63(49)38-24-54(25-38)32-62(33-54)37-10-13-44(50(21-37)72-40-22-45-46(55)29-59-51(45)58-28-40)52(65)60-73(69,70)41-12-14-47(48(23-41)64(67)68)57-26-35-15-17-53(3,66)18-16-35/h5-14,21-23,27-29,34-35,38,49,57,66H,15-20,24-26,30-33H2,1-4H3,(H,58,59)(H,60,65)/t35-,49-,53-/m0/s1. The number of sulfonamides is 1. The van der Waals surface area contributed by atoms with E-state index in [0.717, 1.165) is 88.1 Å². The van der Waals surface area contributed by atoms with Gasteiger partial charge in [0.1, 0.15) is 34.4 Å². The number of fused-ring (bicyclic) bond motifs is 1. The van der Waals surface area contributed by atoms with E-state index in [9.17, 15) is 32.8 Å². The fraction of sp³-hybridized carbons (Fsp3) is 0.426. The molecule has 17 nitrogen and oxygen atoms in total. The van der Waals surface area contributed by atoms with Gasteiger partial charge in [-0.1, -0.05) is 38.1 Å². The summed E-state index contributed by atoms with van der Waals surface area (Å²) < 4.78 is 56.0. The summed E-state index contributed by atoms with van der Waals surface area (Å²) in [5.41, 5.74) is 3.71. The molecule has 5 heterocycles. The van der Waals surface area contributed by atoms with Crippen LogP contribution in [0, 0.1) is 27.3 Å². The van der Waals surface area contributed by atoms with Crippen molar-refractivity contribution < 1.29 is 37.1 Å². The number of nitro benzene ring substituents is 1. The van der Waals surface area contributed by atoms with Crippen LogP contribution in [0.15, 0.2) is 102 Å². The number of aromatic amines is 1. The number of nitrogens with one attached hydrogen (secondary N) is 3. The Morgan fingerprint density at radius 2 is 1.77 bits per heavy atom. The number of halogens is 1. The van der Waals surface area contributed by atoms with Gasteiger partial charge in [0.25, 0.3) is 21.6 Å². The fourth-order valence-electron chi connectivity index (χ4n) is 11.4. The first-order valence-electron chi connectivity index (χ1n) is 25.0. The van der Waals surface area contributed by atoms with Crippen molar-refractivity contribution in [3.05, 3.63) is 136 Å². The number of carbonyl (C=O) groups excluding carboxylic acids is 1. The van der Waals surface area contributed by atoms with Gasteiger partial charge >= 0.3 is 0 Å². The Morgan fingerprint density at radius 3 is 2.49 bits per heavy atom. The van der Waals surface area contributed by atoms with Gasteiger partial charge in [-0.15, -0.1) is 0 Å². The Balaban J connectivity index is 0.847. The molecule has 10 rings (SSSR count). The highest BCUT2D eigenvalue weighted by Crippen LogP contribution is 2.54. The van der Waals surface area contributed by atoms with E-state index in [2.05, 4.69) is 77.8 Å². The number of aliphatic hydroxyl groups is 1. The summed E-state index contributed by atoms with van der Waals surface area (Å²) in [4.78, 5) is 44.3. The van der Waals surface area contributed by atoms with Crippen LogP contribution in [0.4, 0.5) is 21.5 Å². The van der Waals surface area contributed by atoms with Crippen molar-refractivity contribution in [1.29, 1.82) is 0 Å². The van der Waals surface area contributed by atoms with E-state index >= 15 is 0 Å². The molecule has 0 unspecified atom stereocenters. The quantitative estimate of drug-likeness (QED) is 0.0528. The highest BCUT2D eigenvalue weighted by Gasteiger charge is 2.55. The summed E-state index contributed by atoms with van der Waals surface area (Å²) in [5.74, 6) is -0.156. The molecule has 2 aliphatic carbocycles. The van der Waals surface area contributed by atoms with Crippen LogP contribution < -0.4 is 24.4 Å². The van der Waals surface area contributed by atoms with Crippen LogP contribution in [0.2, 0.25) is 0 Å². The number of aromatic nitrogens is 3. The highest BCUT2D eigenvalue weighted by atomic mass is 32.2. The van der Waals surface area contributed by atoms with E-state index in [1.807, 2.05) is 12.1 Å². The molecule has 0 radical (unpaired) electrons. The molecule has 2 saturated carbocycles. The lowest BCUT2D eigenvalue weighted by Crippen LogP contribution is -2.68. The molecule has 1 atom stereocenters. The van der Waals surface area contributed by atoms with E-state index in [1.165, 1.54) is 47.8 Å². The molecule has 1 spiro atoms. The lowest BCUT2D eigenvalue weighted by Gasteiger charge is -2.63. The molecule has 3 aromatic carbocycles. The predicted octanol–water partition coefficient (Wildman–Crippen LogP) is 8.93. The van der Waals surface area contributed by atoms with E-state index in [4.69, 9.17) is 9.47 Å². The summed E-state index contributed by atoms with van der Waals surface area (Å²) in [6.07, 6.45) is 9.10. The Hall–Kier alpha value is -6.67. The van der Waals surface area contributed by atoms with E-state index in [0.29, 0.717) is 37.0 Å². The molecule has 4 aliphatic rings. The van der Waals surface area contributed by atoms with Crippen molar-refractivity contribution in [3.63, 3.8) is 0 Å². The van der Waals surface area contributed by atoms with Crippen LogP contribution in [0.3, 0.4) is 0 Å². The van der Waals surface area contributed by atoms with Gasteiger partial charge in [-0.05, 0) is 111 Å². The van der Waals surface area contributed by atoms with Crippen LogP contribution in [0.5, 0.6) is 17.2 Å². The number of hydrogen-bond acceptors (Lipinski definition) is 14. The van der Waals surface area contributed by atoms with Gasteiger partial charge < -0.3 is 29.8 Å². The smallest absolute Gasteiger partial charge is 0.293 e. The molecular weight excluding hydrogens is 954 g/mol. The minimum absolute atomic E-state index is 0.0128. The Kier molecular flexibility index (Phi) is 13.7. The Morgan fingerprint density at radius 1 is 1.00 bits per heavy atom. The van der Waals surface area contributed by atoms with Gasteiger partial charge in [0.05, 0.1) is 51.6 Å². The first kappa shape index (κ1) is 49.9. The summed E-state index contributed by atoms with van der Waals surface area (Å²) in [6, 6.07) is 23.2. The zero-order valence-electron chi connectivity index (χ0n) is 41.5. The van der Waals surface area contributed by atoms with Crippen LogP contribution in [0.1, 0.15) is 98.4 Å². The van der Waals surface area contributed by atoms with Crippen molar-refractivity contribution in [3.8, 4) is 17.2 Å². The molecule has 0 bridgehead atoms. The zero-order chi connectivity index (χ0) is 51.2. The van der Waals surface area contributed by atoms with Crippen molar-refractivity contribution in [2.45, 2.75) is 94.3 Å². The van der Waals surface area contributed by atoms with Crippen molar-refractivity contribution in [2.24, 2.45) is 11.3 Å². The maximum Gasteiger partial charge on any atom is 0.293 e. The molecule has 3 aromatic heterocycles. The molecular formula is C54H62FN9O8S. The molecule has 4 fully saturated rings. The number of nitrogens with zero attached hydrogens (tertiary/aromatic N) is 6. The number of H-pyrrole nitrogens is 1. The number of pyridine rings is 2. The van der Waals surface area contributed by atoms with Gasteiger partial charge in [-0.2, -0.15) is 0 Å². The van der Waals surface area contributed by atoms with Gasteiger partial charge in [-0.25, -0.2) is 22.5 Å². The zero-order valence-corrected chi connectivity index (χ0v) is 42.3. The number of anilines is 2. The summed E-state index contributed by atoms with van der Waals surface area (Å²) >= 11 is 0. The highest BCUT2D eigenvalue weighted by molar-refractivity contribution is 7.90. The number of rotatable bonds is 16. The van der Waals surface area contributed by atoms with Gasteiger partial charge in [0, 0.05) is 87.3 Å². The number of carbonyl (C=O) groups is 1. The van der Waals surface area contributed by atoms with E-state index in [-0.39, 0.29) is 45.5 Å². The molecule has 2 saturated heterocycles. The Labute approximate surface area is 424 Å². The maximum absolute atomic E-state index is 14.7. The van der Waals surface area contributed by atoms with Crippen molar-refractivity contribution in [2.75, 3.05) is 56.6 Å². The SMILES string of the molecule is COc1ccc(CN2CCN(C3CC4(C3)CN(c3ccc(C(=O)NS(=O)(=O)c5ccc(NC[C@H]6CC[C@](C)(O)CC6)c([N+](=O)[O-])c5)c(Oc5cnc6[nH]cc(F)c6c5)c3)C4)[C@H](c3ccccc3C(C)C)C2)nc1. The number of hydrogen-bond donors (Lipinski definition) is 4. The van der Waals surface area contributed by atoms with E-state index in [1.54, 1.807) is 32.4 Å². The molecule has 2 aliphatic heterocycles. The topological polar surface area (TPSA) is 208 Å². The predicted molar refractivity (Wildman–Crippen MR) is 275 cm³/mol. The van der Waals surface area contributed by atoms with E-state index < -0.39 is 42.9 Å². The lowest BCUT2D eigenvalue weighted by atomic mass is 9.59. The normalized spacial score (nSPS) is 21.4. The second-order valence-corrected chi connectivity index (χ2v) is 22.7. The van der Waals surface area contributed by atoms with Gasteiger partial charge in [0.15, 0.2) is 0 Å². The minimum Gasteiger partial charge on any atom is -0.495 e. The molecule has 19 heteroatoms. The summed E-state index contributed by atoms with van der Waals surface area (Å²) in [5, 5.41) is 25.8.